The molecule has 1 heterocycles. The van der Waals surface area contributed by atoms with E-state index in [0.717, 1.165) is 6.29 Å². The maximum atomic E-state index is 12.0. The van der Waals surface area contributed by atoms with Gasteiger partial charge in [-0.2, -0.15) is 9.78 Å². The van der Waals surface area contributed by atoms with Crippen molar-refractivity contribution in [1.82, 2.24) is 9.78 Å². The molecule has 100 valence electrons. The Morgan fingerprint density at radius 1 is 1.42 bits per heavy atom. The molecule has 2 rings (SSSR count). The third-order valence-electron chi connectivity index (χ3n) is 2.36. The van der Waals surface area contributed by atoms with E-state index in [0.29, 0.717) is 21.1 Å². The van der Waals surface area contributed by atoms with Crippen LogP contribution in [0.5, 0.6) is 0 Å². The summed E-state index contributed by atoms with van der Waals surface area (Å²) in [6.07, 6.45) is 0.193. The van der Waals surface area contributed by atoms with Crippen molar-refractivity contribution in [2.24, 2.45) is 0 Å². The number of rotatable bonds is 1. The van der Waals surface area contributed by atoms with E-state index in [-0.39, 0.29) is 0 Å². The zero-order valence-electron chi connectivity index (χ0n) is 10.8. The Morgan fingerprint density at radius 3 is 2.68 bits per heavy atom. The van der Waals surface area contributed by atoms with Gasteiger partial charge in [0.05, 0.1) is 5.52 Å². The highest BCUT2D eigenvalue weighted by Gasteiger charge is 2.21. The molecular weight excluding hydrogens is 312 g/mol. The minimum absolute atomic E-state index is 0.497. The molecule has 1 aromatic heterocycles. The second kappa shape index (κ2) is 4.77. The van der Waals surface area contributed by atoms with Crippen molar-refractivity contribution in [3.63, 3.8) is 0 Å². The van der Waals surface area contributed by atoms with Crippen LogP contribution in [-0.2, 0) is 4.74 Å². The number of fused-ring (bicyclic) bond motifs is 1. The van der Waals surface area contributed by atoms with Gasteiger partial charge < -0.3 is 4.74 Å². The summed E-state index contributed by atoms with van der Waals surface area (Å²) >= 11 is 3.27. The van der Waals surface area contributed by atoms with Gasteiger partial charge in [-0.25, -0.2) is 4.79 Å². The maximum Gasteiger partial charge on any atom is 0.435 e. The average Bonchev–Trinajstić information content (AvgIpc) is 2.64. The van der Waals surface area contributed by atoms with E-state index in [1.54, 1.807) is 39.0 Å². The van der Waals surface area contributed by atoms with E-state index < -0.39 is 11.7 Å². The molecule has 0 aliphatic carbocycles. The lowest BCUT2D eigenvalue weighted by Gasteiger charge is -2.19. The number of carbonyl (C=O) groups is 2. The average molecular weight is 325 g/mol. The number of halogens is 1. The first kappa shape index (κ1) is 13.7. The number of aldehydes is 1. The van der Waals surface area contributed by atoms with E-state index in [9.17, 15) is 9.59 Å². The van der Waals surface area contributed by atoms with Gasteiger partial charge in [-0.05, 0) is 54.9 Å². The van der Waals surface area contributed by atoms with Gasteiger partial charge in [0.15, 0.2) is 0 Å². The number of hydrogen-bond acceptors (Lipinski definition) is 4. The Balaban J connectivity index is 2.51. The highest BCUT2D eigenvalue weighted by atomic mass is 79.9. The summed E-state index contributed by atoms with van der Waals surface area (Å²) in [6, 6.07) is 4.96. The predicted octanol–water partition coefficient (Wildman–Crippen LogP) is 3.39. The van der Waals surface area contributed by atoms with Crippen LogP contribution in [0.15, 0.2) is 22.8 Å². The highest BCUT2D eigenvalue weighted by Crippen LogP contribution is 2.25. The number of ether oxygens (including phenoxy) is 1. The topological polar surface area (TPSA) is 61.2 Å². The molecule has 0 spiro atoms. The van der Waals surface area contributed by atoms with E-state index >= 15 is 0 Å². The molecule has 0 radical (unpaired) electrons. The summed E-state index contributed by atoms with van der Waals surface area (Å²) in [4.78, 5) is 22.8. The van der Waals surface area contributed by atoms with E-state index in [1.165, 1.54) is 4.68 Å². The van der Waals surface area contributed by atoms with Crippen LogP contribution < -0.4 is 0 Å². The van der Waals surface area contributed by atoms with Gasteiger partial charge in [-0.3, -0.25) is 4.79 Å². The first-order valence-corrected chi connectivity index (χ1v) is 6.48. The van der Waals surface area contributed by atoms with Crippen LogP contribution in [0.25, 0.3) is 10.9 Å². The maximum absolute atomic E-state index is 12.0. The minimum Gasteiger partial charge on any atom is -0.442 e. The fourth-order valence-corrected chi connectivity index (χ4v) is 2.09. The molecule has 19 heavy (non-hydrogen) atoms. The fraction of sp³-hybridized carbons (Fsp3) is 0.308. The first-order chi connectivity index (χ1) is 8.81. The molecule has 5 nitrogen and oxygen atoms in total. The van der Waals surface area contributed by atoms with Crippen molar-refractivity contribution in [2.75, 3.05) is 0 Å². The molecule has 2 aromatic rings. The predicted molar refractivity (Wildman–Crippen MR) is 74.5 cm³/mol. The van der Waals surface area contributed by atoms with Gasteiger partial charge in [0.25, 0.3) is 0 Å². The Morgan fingerprint density at radius 2 is 2.11 bits per heavy atom. The SMILES string of the molecule is CC(C)(C)OC(=O)n1nc(Br)c2cc(C=O)ccc21. The van der Waals surface area contributed by atoms with Crippen LogP contribution in [0.2, 0.25) is 0 Å². The molecule has 0 atom stereocenters. The summed E-state index contributed by atoms with van der Waals surface area (Å²) in [7, 11) is 0. The summed E-state index contributed by atoms with van der Waals surface area (Å²) in [5, 5.41) is 4.78. The van der Waals surface area contributed by atoms with Crippen LogP contribution >= 0.6 is 15.9 Å². The van der Waals surface area contributed by atoms with Gasteiger partial charge in [0, 0.05) is 10.9 Å². The second-order valence-corrected chi connectivity index (χ2v) is 5.83. The van der Waals surface area contributed by atoms with Gasteiger partial charge in [-0.1, -0.05) is 0 Å². The van der Waals surface area contributed by atoms with Crippen molar-refractivity contribution < 1.29 is 14.3 Å². The normalized spacial score (nSPS) is 11.6. The molecular formula is C13H13BrN2O3. The number of aromatic nitrogens is 2. The third-order valence-corrected chi connectivity index (χ3v) is 2.95. The molecule has 6 heteroatoms. The standard InChI is InChI=1S/C13H13BrN2O3/c1-13(2,3)19-12(18)16-10-5-4-8(7-17)6-9(10)11(14)15-16/h4-7H,1-3H3. The fourth-order valence-electron chi connectivity index (χ4n) is 1.62. The van der Waals surface area contributed by atoms with Crippen molar-refractivity contribution in [3.8, 4) is 0 Å². The summed E-state index contributed by atoms with van der Waals surface area (Å²) in [5.74, 6) is 0. The number of nitrogens with zero attached hydrogens (tertiary/aromatic N) is 2. The second-order valence-electron chi connectivity index (χ2n) is 5.08. The lowest BCUT2D eigenvalue weighted by molar-refractivity contribution is 0.0522. The lowest BCUT2D eigenvalue weighted by atomic mass is 10.2. The Kier molecular flexibility index (Phi) is 3.45. The van der Waals surface area contributed by atoms with Crippen LogP contribution in [0.3, 0.4) is 0 Å². The zero-order chi connectivity index (χ0) is 14.2. The van der Waals surface area contributed by atoms with Gasteiger partial charge in [-0.15, -0.1) is 0 Å². The molecule has 0 bridgehead atoms. The molecule has 1 aromatic carbocycles. The third kappa shape index (κ3) is 2.84. The molecule has 0 unspecified atom stereocenters. The van der Waals surface area contributed by atoms with Crippen LogP contribution in [-0.4, -0.2) is 27.8 Å². The molecule has 0 amide bonds. The molecule has 0 aliphatic heterocycles. The monoisotopic (exact) mass is 324 g/mol. The van der Waals surface area contributed by atoms with Crippen LogP contribution in [0.1, 0.15) is 31.1 Å². The zero-order valence-corrected chi connectivity index (χ0v) is 12.4. The van der Waals surface area contributed by atoms with E-state index in [2.05, 4.69) is 21.0 Å². The molecule has 0 fully saturated rings. The van der Waals surface area contributed by atoms with Crippen LogP contribution in [0, 0.1) is 0 Å². The molecule has 0 saturated heterocycles. The molecule has 0 saturated carbocycles. The Hall–Kier alpha value is -1.69. The van der Waals surface area contributed by atoms with Gasteiger partial charge >= 0.3 is 6.09 Å². The van der Waals surface area contributed by atoms with Crippen molar-refractivity contribution >= 4 is 39.2 Å². The van der Waals surface area contributed by atoms with Gasteiger partial charge in [0.2, 0.25) is 0 Å². The summed E-state index contributed by atoms with van der Waals surface area (Å²) < 4.78 is 6.95. The van der Waals surface area contributed by atoms with Crippen LogP contribution in [0.4, 0.5) is 4.79 Å². The summed E-state index contributed by atoms with van der Waals surface area (Å²) in [5.41, 5.74) is 0.522. The number of carbonyl (C=O) groups excluding carboxylic acids is 2. The van der Waals surface area contributed by atoms with E-state index in [4.69, 9.17) is 4.74 Å². The summed E-state index contributed by atoms with van der Waals surface area (Å²) in [6.45, 7) is 5.36. The van der Waals surface area contributed by atoms with Crippen molar-refractivity contribution in [3.05, 3.63) is 28.4 Å². The quantitative estimate of drug-likeness (QED) is 0.754. The number of benzene rings is 1. The number of hydrogen-bond donors (Lipinski definition) is 0. The highest BCUT2D eigenvalue weighted by molar-refractivity contribution is 9.10. The smallest absolute Gasteiger partial charge is 0.435 e. The Bertz CT molecular complexity index is 656. The first-order valence-electron chi connectivity index (χ1n) is 5.68. The minimum atomic E-state index is -0.593. The van der Waals surface area contributed by atoms with E-state index in [1.807, 2.05) is 0 Å². The van der Waals surface area contributed by atoms with Crippen molar-refractivity contribution in [1.29, 1.82) is 0 Å². The largest absolute Gasteiger partial charge is 0.442 e. The van der Waals surface area contributed by atoms with Gasteiger partial charge in [0.1, 0.15) is 16.5 Å². The Labute approximate surface area is 118 Å². The molecule has 0 aliphatic rings. The molecule has 0 N–H and O–H groups in total. The lowest BCUT2D eigenvalue weighted by Crippen LogP contribution is -2.27. The van der Waals surface area contributed by atoms with Crippen molar-refractivity contribution in [2.45, 2.75) is 26.4 Å².